The molecule has 0 aliphatic rings. The number of ether oxygens (including phenoxy) is 1. The highest BCUT2D eigenvalue weighted by atomic mass is 32.2. The topological polar surface area (TPSA) is 55.4 Å². The van der Waals surface area contributed by atoms with E-state index < -0.39 is 10.0 Å². The molecule has 22 heavy (non-hydrogen) atoms. The molecule has 0 aliphatic heterocycles. The lowest BCUT2D eigenvalue weighted by Crippen LogP contribution is -2.26. The Morgan fingerprint density at radius 3 is 2.45 bits per heavy atom. The first-order chi connectivity index (χ1) is 10.5. The molecule has 0 spiro atoms. The number of hydrogen-bond donors (Lipinski definition) is 1. The fourth-order valence-corrected chi connectivity index (χ4v) is 3.09. The molecule has 0 atom stereocenters. The van der Waals surface area contributed by atoms with Crippen LogP contribution in [0.4, 0.5) is 0 Å². The van der Waals surface area contributed by atoms with Crippen molar-refractivity contribution in [2.45, 2.75) is 19.9 Å². The van der Waals surface area contributed by atoms with Crippen LogP contribution in [0.1, 0.15) is 16.7 Å². The Bertz CT molecular complexity index is 709. The van der Waals surface area contributed by atoms with E-state index in [0.717, 1.165) is 22.4 Å². The number of sulfonamides is 1. The van der Waals surface area contributed by atoms with Gasteiger partial charge in [0.15, 0.2) is 0 Å². The van der Waals surface area contributed by atoms with E-state index in [1.807, 2.05) is 55.5 Å². The molecule has 2 aromatic rings. The molecule has 0 heterocycles. The van der Waals surface area contributed by atoms with Crippen LogP contribution in [0.25, 0.3) is 0 Å². The first-order valence-electron chi connectivity index (χ1n) is 7.14. The standard InChI is InChI=1S/C17H21NO3S/c1-14-6-8-16(9-7-14)13-18-22(19,20)11-10-15-4-3-5-17(12-15)21-2/h3-9,12,18H,10-11,13H2,1-2H3. The third-order valence-electron chi connectivity index (χ3n) is 3.41. The highest BCUT2D eigenvalue weighted by molar-refractivity contribution is 7.89. The summed E-state index contributed by atoms with van der Waals surface area (Å²) in [6, 6.07) is 15.3. The normalized spacial score (nSPS) is 11.4. The molecular formula is C17H21NO3S. The number of hydrogen-bond acceptors (Lipinski definition) is 3. The molecule has 0 fully saturated rings. The lowest BCUT2D eigenvalue weighted by Gasteiger charge is -2.08. The second-order valence-electron chi connectivity index (χ2n) is 5.23. The van der Waals surface area contributed by atoms with E-state index in [-0.39, 0.29) is 5.75 Å². The smallest absolute Gasteiger partial charge is 0.212 e. The second-order valence-corrected chi connectivity index (χ2v) is 7.15. The van der Waals surface area contributed by atoms with Gasteiger partial charge in [0.1, 0.15) is 5.75 Å². The number of rotatable bonds is 7. The quantitative estimate of drug-likeness (QED) is 0.853. The summed E-state index contributed by atoms with van der Waals surface area (Å²) in [5.41, 5.74) is 3.06. The van der Waals surface area contributed by atoms with Crippen molar-refractivity contribution in [2.75, 3.05) is 12.9 Å². The molecule has 0 bridgehead atoms. The largest absolute Gasteiger partial charge is 0.497 e. The van der Waals surface area contributed by atoms with Crippen LogP contribution in [0.5, 0.6) is 5.75 Å². The van der Waals surface area contributed by atoms with Crippen LogP contribution in [0.15, 0.2) is 48.5 Å². The molecule has 2 aromatic carbocycles. The molecule has 0 radical (unpaired) electrons. The van der Waals surface area contributed by atoms with Crippen LogP contribution in [0.3, 0.4) is 0 Å². The Morgan fingerprint density at radius 1 is 1.05 bits per heavy atom. The minimum Gasteiger partial charge on any atom is -0.497 e. The van der Waals surface area contributed by atoms with Gasteiger partial charge in [-0.25, -0.2) is 13.1 Å². The third kappa shape index (κ3) is 5.16. The summed E-state index contributed by atoms with van der Waals surface area (Å²) in [7, 11) is -1.70. The van der Waals surface area contributed by atoms with Gasteiger partial charge < -0.3 is 4.74 Å². The van der Waals surface area contributed by atoms with Gasteiger partial charge in [-0.1, -0.05) is 42.0 Å². The van der Waals surface area contributed by atoms with E-state index >= 15 is 0 Å². The van der Waals surface area contributed by atoms with Gasteiger partial charge in [0.05, 0.1) is 12.9 Å². The average Bonchev–Trinajstić information content (AvgIpc) is 2.53. The van der Waals surface area contributed by atoms with Gasteiger partial charge >= 0.3 is 0 Å². The van der Waals surface area contributed by atoms with Crippen molar-refractivity contribution in [3.8, 4) is 5.75 Å². The fraction of sp³-hybridized carbons (Fsp3) is 0.294. The first kappa shape index (κ1) is 16.5. The summed E-state index contributed by atoms with van der Waals surface area (Å²) in [6.07, 6.45) is 0.459. The van der Waals surface area contributed by atoms with Gasteiger partial charge in [0.25, 0.3) is 0 Å². The minimum atomic E-state index is -3.30. The molecule has 0 aromatic heterocycles. The van der Waals surface area contributed by atoms with E-state index in [1.54, 1.807) is 7.11 Å². The summed E-state index contributed by atoms with van der Waals surface area (Å²) in [4.78, 5) is 0. The average molecular weight is 319 g/mol. The van der Waals surface area contributed by atoms with Crippen molar-refractivity contribution < 1.29 is 13.2 Å². The lowest BCUT2D eigenvalue weighted by atomic mass is 10.2. The SMILES string of the molecule is COc1cccc(CCS(=O)(=O)NCc2ccc(C)cc2)c1. The molecule has 5 heteroatoms. The highest BCUT2D eigenvalue weighted by Gasteiger charge is 2.10. The van der Waals surface area contributed by atoms with E-state index in [4.69, 9.17) is 4.74 Å². The first-order valence-corrected chi connectivity index (χ1v) is 8.79. The molecular weight excluding hydrogens is 298 g/mol. The van der Waals surface area contributed by atoms with Gasteiger partial charge in [0.2, 0.25) is 10.0 Å². The van der Waals surface area contributed by atoms with Crippen molar-refractivity contribution in [2.24, 2.45) is 0 Å². The molecule has 0 amide bonds. The zero-order chi connectivity index (χ0) is 16.0. The van der Waals surface area contributed by atoms with Crippen LogP contribution in [0, 0.1) is 6.92 Å². The number of methoxy groups -OCH3 is 1. The van der Waals surface area contributed by atoms with Crippen LogP contribution in [0.2, 0.25) is 0 Å². The van der Waals surface area contributed by atoms with Crippen molar-refractivity contribution in [1.29, 1.82) is 0 Å². The number of nitrogens with one attached hydrogen (secondary N) is 1. The van der Waals surface area contributed by atoms with Crippen LogP contribution in [-0.2, 0) is 23.0 Å². The lowest BCUT2D eigenvalue weighted by molar-refractivity contribution is 0.414. The monoisotopic (exact) mass is 319 g/mol. The maximum absolute atomic E-state index is 12.1. The summed E-state index contributed by atoms with van der Waals surface area (Å²) < 4.78 is 31.9. The Labute approximate surface area is 132 Å². The minimum absolute atomic E-state index is 0.0615. The summed E-state index contributed by atoms with van der Waals surface area (Å²) >= 11 is 0. The molecule has 4 nitrogen and oxygen atoms in total. The summed E-state index contributed by atoms with van der Waals surface area (Å²) in [6.45, 7) is 2.32. The Kier molecular flexibility index (Phi) is 5.57. The molecule has 0 unspecified atom stereocenters. The van der Waals surface area contributed by atoms with Crippen molar-refractivity contribution in [3.05, 3.63) is 65.2 Å². The number of benzene rings is 2. The molecule has 118 valence electrons. The van der Waals surface area contributed by atoms with Crippen LogP contribution in [-0.4, -0.2) is 21.3 Å². The van der Waals surface area contributed by atoms with Gasteiger partial charge in [-0.2, -0.15) is 0 Å². The number of aryl methyl sites for hydroxylation is 2. The third-order valence-corrected chi connectivity index (χ3v) is 4.74. The Balaban J connectivity index is 1.89. The van der Waals surface area contributed by atoms with Crippen molar-refractivity contribution >= 4 is 10.0 Å². The van der Waals surface area contributed by atoms with Gasteiger partial charge in [0, 0.05) is 6.54 Å². The summed E-state index contributed by atoms with van der Waals surface area (Å²) in [5, 5.41) is 0. The van der Waals surface area contributed by atoms with Crippen LogP contribution < -0.4 is 9.46 Å². The zero-order valence-corrected chi connectivity index (χ0v) is 13.7. The van der Waals surface area contributed by atoms with E-state index in [1.165, 1.54) is 0 Å². The van der Waals surface area contributed by atoms with E-state index in [9.17, 15) is 8.42 Å². The Morgan fingerprint density at radius 2 is 1.77 bits per heavy atom. The van der Waals surface area contributed by atoms with Gasteiger partial charge in [-0.15, -0.1) is 0 Å². The van der Waals surface area contributed by atoms with Gasteiger partial charge in [-0.05, 0) is 36.6 Å². The predicted octanol–water partition coefficient (Wildman–Crippen LogP) is 2.67. The maximum atomic E-state index is 12.1. The highest BCUT2D eigenvalue weighted by Crippen LogP contribution is 2.13. The van der Waals surface area contributed by atoms with Crippen molar-refractivity contribution in [1.82, 2.24) is 4.72 Å². The molecule has 2 rings (SSSR count). The Hall–Kier alpha value is -1.85. The zero-order valence-electron chi connectivity index (χ0n) is 12.9. The van der Waals surface area contributed by atoms with Crippen LogP contribution >= 0.6 is 0 Å². The maximum Gasteiger partial charge on any atom is 0.212 e. The predicted molar refractivity (Wildman–Crippen MR) is 88.5 cm³/mol. The molecule has 1 N–H and O–H groups in total. The second kappa shape index (κ2) is 7.42. The summed E-state index contributed by atoms with van der Waals surface area (Å²) in [5.74, 6) is 0.800. The van der Waals surface area contributed by atoms with E-state index in [0.29, 0.717) is 13.0 Å². The molecule has 0 aliphatic carbocycles. The van der Waals surface area contributed by atoms with E-state index in [2.05, 4.69) is 4.72 Å². The van der Waals surface area contributed by atoms with Gasteiger partial charge in [-0.3, -0.25) is 0 Å². The fourth-order valence-electron chi connectivity index (χ4n) is 2.05. The molecule has 0 saturated carbocycles. The van der Waals surface area contributed by atoms with Crippen molar-refractivity contribution in [3.63, 3.8) is 0 Å². The molecule has 0 saturated heterocycles.